The third-order valence-electron chi connectivity index (χ3n) is 4.14. The summed E-state index contributed by atoms with van der Waals surface area (Å²) in [6.45, 7) is 1.90. The van der Waals surface area contributed by atoms with Gasteiger partial charge in [-0.05, 0) is 36.3 Å². The first kappa shape index (κ1) is 17.9. The van der Waals surface area contributed by atoms with E-state index in [1.807, 2.05) is 55.5 Å². The molecule has 26 heavy (non-hydrogen) atoms. The average Bonchev–Trinajstić information content (AvgIpc) is 2.90. The highest BCUT2D eigenvalue weighted by molar-refractivity contribution is 7.07. The van der Waals surface area contributed by atoms with Crippen molar-refractivity contribution in [3.8, 4) is 5.75 Å². The first-order chi connectivity index (χ1) is 12.5. The number of hydrogen-bond acceptors (Lipinski definition) is 4. The number of methoxy groups -OCH3 is 1. The van der Waals surface area contributed by atoms with Crippen LogP contribution in [0.1, 0.15) is 21.5 Å². The Kier molecular flexibility index (Phi) is 5.19. The van der Waals surface area contributed by atoms with E-state index in [2.05, 4.69) is 0 Å². The molecular formula is C21H19NO3S. The minimum Gasteiger partial charge on any atom is -0.497 e. The van der Waals surface area contributed by atoms with Gasteiger partial charge >= 0.3 is 0 Å². The Balaban J connectivity index is 2.04. The van der Waals surface area contributed by atoms with Gasteiger partial charge in [-0.2, -0.15) is 0 Å². The molecule has 0 saturated carbocycles. The van der Waals surface area contributed by atoms with Gasteiger partial charge in [-0.15, -0.1) is 11.3 Å². The molecule has 0 spiro atoms. The summed E-state index contributed by atoms with van der Waals surface area (Å²) in [7, 11) is 3.29. The Bertz CT molecular complexity index is 1120. The van der Waals surface area contributed by atoms with Gasteiger partial charge in [0.15, 0.2) is 5.78 Å². The van der Waals surface area contributed by atoms with Gasteiger partial charge in [0, 0.05) is 18.7 Å². The van der Waals surface area contributed by atoms with Crippen LogP contribution in [0.4, 0.5) is 0 Å². The molecule has 0 saturated heterocycles. The highest BCUT2D eigenvalue weighted by atomic mass is 32.1. The van der Waals surface area contributed by atoms with Crippen molar-refractivity contribution in [3.05, 3.63) is 84.8 Å². The molecule has 0 aliphatic heterocycles. The minimum atomic E-state index is -0.116. The topological polar surface area (TPSA) is 48.3 Å². The predicted octanol–water partition coefficient (Wildman–Crippen LogP) is 2.26. The van der Waals surface area contributed by atoms with Crippen LogP contribution >= 0.6 is 11.3 Å². The maximum atomic E-state index is 12.5. The van der Waals surface area contributed by atoms with Crippen LogP contribution in [0.5, 0.6) is 5.75 Å². The summed E-state index contributed by atoms with van der Waals surface area (Å²) in [5, 5.41) is 0. The smallest absolute Gasteiger partial charge is 0.268 e. The normalized spacial score (nSPS) is 12.4. The Hall–Kier alpha value is -2.92. The molecule has 0 radical (unpaired) electrons. The van der Waals surface area contributed by atoms with E-state index in [-0.39, 0.29) is 11.3 Å². The van der Waals surface area contributed by atoms with Crippen LogP contribution in [-0.2, 0) is 7.05 Å². The number of carbonyl (C=O) groups excluding carboxylic acids is 1. The lowest BCUT2D eigenvalue weighted by atomic mass is 10.1. The molecule has 1 aromatic heterocycles. The molecule has 0 bridgehead atoms. The number of aromatic nitrogens is 1. The van der Waals surface area contributed by atoms with Gasteiger partial charge in [0.2, 0.25) is 0 Å². The molecule has 3 rings (SSSR count). The molecule has 0 amide bonds. The highest BCUT2D eigenvalue weighted by Gasteiger charge is 2.07. The van der Waals surface area contributed by atoms with Gasteiger partial charge in [0.05, 0.1) is 11.6 Å². The molecule has 0 aliphatic rings. The second-order valence-electron chi connectivity index (χ2n) is 5.91. The number of Topliss-reactive ketones (excluding diaryl/α,β-unsaturated/α-hetero) is 1. The molecule has 0 fully saturated rings. The highest BCUT2D eigenvalue weighted by Crippen LogP contribution is 2.11. The second-order valence-corrected chi connectivity index (χ2v) is 6.97. The first-order valence-electron chi connectivity index (χ1n) is 8.13. The molecule has 0 unspecified atom stereocenters. The first-order valence-corrected chi connectivity index (χ1v) is 8.94. The summed E-state index contributed by atoms with van der Waals surface area (Å²) in [5.41, 5.74) is 2.35. The lowest BCUT2D eigenvalue weighted by Gasteiger charge is -1.99. The predicted molar refractivity (Wildman–Crippen MR) is 105 cm³/mol. The largest absolute Gasteiger partial charge is 0.497 e. The quantitative estimate of drug-likeness (QED) is 0.667. The van der Waals surface area contributed by atoms with E-state index in [4.69, 9.17) is 4.74 Å². The van der Waals surface area contributed by atoms with Gasteiger partial charge in [-0.25, -0.2) is 0 Å². The van der Waals surface area contributed by atoms with E-state index in [1.165, 1.54) is 22.0 Å². The van der Waals surface area contributed by atoms with E-state index in [9.17, 15) is 9.59 Å². The molecular weight excluding hydrogens is 346 g/mol. The molecule has 0 aliphatic carbocycles. The fourth-order valence-electron chi connectivity index (χ4n) is 2.60. The summed E-state index contributed by atoms with van der Waals surface area (Å²) in [4.78, 5) is 25.0. The molecule has 4 nitrogen and oxygen atoms in total. The summed E-state index contributed by atoms with van der Waals surface area (Å²) in [6.07, 6.45) is 3.35. The third kappa shape index (κ3) is 3.68. The maximum absolute atomic E-state index is 12.5. The number of rotatable bonds is 4. The van der Waals surface area contributed by atoms with Crippen molar-refractivity contribution >= 4 is 29.3 Å². The van der Waals surface area contributed by atoms with Crippen molar-refractivity contribution < 1.29 is 9.53 Å². The number of carbonyl (C=O) groups is 1. The lowest BCUT2D eigenvalue weighted by molar-refractivity contribution is 0.106. The van der Waals surface area contributed by atoms with Crippen molar-refractivity contribution in [2.45, 2.75) is 6.92 Å². The summed E-state index contributed by atoms with van der Waals surface area (Å²) in [5.74, 6) is 0.662. The summed E-state index contributed by atoms with van der Waals surface area (Å²) in [6, 6.07) is 14.9. The zero-order valence-corrected chi connectivity index (χ0v) is 15.7. The van der Waals surface area contributed by atoms with Gasteiger partial charge < -0.3 is 9.30 Å². The second kappa shape index (κ2) is 7.54. The molecule has 0 atom stereocenters. The number of benzene rings is 2. The minimum absolute atomic E-state index is 0.101. The van der Waals surface area contributed by atoms with Crippen molar-refractivity contribution in [1.82, 2.24) is 4.57 Å². The molecule has 5 heteroatoms. The Labute approximate surface area is 155 Å². The van der Waals surface area contributed by atoms with E-state index >= 15 is 0 Å². The third-order valence-corrected chi connectivity index (χ3v) is 5.25. The molecule has 3 aromatic rings. The zero-order valence-electron chi connectivity index (χ0n) is 14.9. The zero-order chi connectivity index (χ0) is 18.7. The van der Waals surface area contributed by atoms with Crippen LogP contribution < -0.4 is 19.5 Å². The summed E-state index contributed by atoms with van der Waals surface area (Å²) >= 11 is 1.31. The van der Waals surface area contributed by atoms with Crippen molar-refractivity contribution in [2.75, 3.05) is 7.11 Å². The van der Waals surface area contributed by atoms with Gasteiger partial charge in [0.1, 0.15) is 10.4 Å². The number of aryl methyl sites for hydroxylation is 1. The molecule has 1 heterocycles. The van der Waals surface area contributed by atoms with Gasteiger partial charge in [-0.3, -0.25) is 9.59 Å². The molecule has 132 valence electrons. The molecule has 0 N–H and O–H groups in total. The van der Waals surface area contributed by atoms with Crippen LogP contribution in [0.25, 0.3) is 12.2 Å². The van der Waals surface area contributed by atoms with E-state index in [0.29, 0.717) is 14.8 Å². The maximum Gasteiger partial charge on any atom is 0.268 e. The van der Waals surface area contributed by atoms with Crippen LogP contribution in [0, 0.1) is 6.92 Å². The van der Waals surface area contributed by atoms with Crippen LogP contribution in [-0.4, -0.2) is 17.5 Å². The number of hydrogen-bond donors (Lipinski definition) is 0. The number of ether oxygens (including phenoxy) is 1. The van der Waals surface area contributed by atoms with Gasteiger partial charge in [-0.1, -0.05) is 36.4 Å². The van der Waals surface area contributed by atoms with Crippen LogP contribution in [0.3, 0.4) is 0 Å². The van der Waals surface area contributed by atoms with Crippen LogP contribution in [0.15, 0.2) is 53.3 Å². The molecule has 2 aromatic carbocycles. The number of nitrogens with zero attached hydrogens (tertiary/aromatic N) is 1. The van der Waals surface area contributed by atoms with Crippen LogP contribution in [0.2, 0.25) is 0 Å². The SMILES string of the molecule is COc1ccc(/C=c2\s/c(=C\C(=O)c3ccccc3C)n(C)c2=O)cc1. The monoisotopic (exact) mass is 365 g/mol. The fourth-order valence-corrected chi connectivity index (χ4v) is 3.63. The van der Waals surface area contributed by atoms with Gasteiger partial charge in [0.25, 0.3) is 5.56 Å². The summed E-state index contributed by atoms with van der Waals surface area (Å²) < 4.78 is 7.86. The van der Waals surface area contributed by atoms with E-state index < -0.39 is 0 Å². The van der Waals surface area contributed by atoms with Crippen molar-refractivity contribution in [2.24, 2.45) is 7.05 Å². The Morgan fingerprint density at radius 2 is 1.81 bits per heavy atom. The standard InChI is InChI=1S/C21H19NO3S/c1-14-6-4-5-7-17(14)18(23)13-20-22(2)21(24)19(26-20)12-15-8-10-16(25-3)11-9-15/h4-13H,1-3H3/b19-12-,20-13-. The van der Waals surface area contributed by atoms with E-state index in [0.717, 1.165) is 16.9 Å². The van der Waals surface area contributed by atoms with Crippen molar-refractivity contribution in [1.29, 1.82) is 0 Å². The Morgan fingerprint density at radius 3 is 2.46 bits per heavy atom. The lowest BCUT2D eigenvalue weighted by Crippen LogP contribution is -2.29. The average molecular weight is 365 g/mol. The van der Waals surface area contributed by atoms with E-state index in [1.54, 1.807) is 20.2 Å². The number of thiazole rings is 1. The Morgan fingerprint density at radius 1 is 1.12 bits per heavy atom. The van der Waals surface area contributed by atoms with Crippen molar-refractivity contribution in [3.63, 3.8) is 0 Å². The number of ketones is 1. The fraction of sp³-hybridized carbons (Fsp3) is 0.143.